The van der Waals surface area contributed by atoms with Crippen molar-refractivity contribution in [2.75, 3.05) is 0 Å². The van der Waals surface area contributed by atoms with E-state index in [4.69, 9.17) is 0 Å². The molecule has 0 aliphatic carbocycles. The van der Waals surface area contributed by atoms with E-state index in [0.717, 1.165) is 19.1 Å². The van der Waals surface area contributed by atoms with Crippen LogP contribution in [0.2, 0.25) is 0 Å². The second-order valence-electron chi connectivity index (χ2n) is 3.40. The fraction of sp³-hybridized carbons (Fsp3) is 0.400. The number of rotatable bonds is 1. The van der Waals surface area contributed by atoms with Crippen LogP contribution in [0.15, 0.2) is 18.2 Å². The average Bonchev–Trinajstić information content (AvgIpc) is 2.13. The minimum Gasteiger partial charge on any atom is -0.218 e. The van der Waals surface area contributed by atoms with Crippen LogP contribution in [0, 0.1) is 13.0 Å². The van der Waals surface area contributed by atoms with Gasteiger partial charge in [0.2, 0.25) is 0 Å². The Bertz CT molecular complexity index is 388. The second-order valence-corrected chi connectivity index (χ2v) is 3.40. The Kier molecular flexibility index (Phi) is 3.15. The van der Waals surface area contributed by atoms with E-state index in [2.05, 4.69) is 6.07 Å². The van der Waals surface area contributed by atoms with Crippen molar-refractivity contribution in [2.24, 2.45) is 0 Å². The van der Waals surface area contributed by atoms with Gasteiger partial charge in [-0.25, -0.2) is 4.39 Å². The van der Waals surface area contributed by atoms with Gasteiger partial charge in [-0.05, 0) is 18.6 Å². The molecule has 17 heavy (non-hydrogen) atoms. The van der Waals surface area contributed by atoms with Crippen LogP contribution >= 0.6 is 0 Å². The lowest BCUT2D eigenvalue weighted by Crippen LogP contribution is -2.50. The van der Waals surface area contributed by atoms with Crippen molar-refractivity contribution in [3.05, 3.63) is 35.4 Å². The Hall–Kier alpha value is -1.27. The van der Waals surface area contributed by atoms with Gasteiger partial charge in [0.15, 0.2) is 0 Å². The van der Waals surface area contributed by atoms with Crippen molar-refractivity contribution in [3.8, 4) is 0 Å². The molecule has 1 radical (unpaired) electrons. The van der Waals surface area contributed by atoms with Crippen LogP contribution in [0.5, 0.6) is 0 Å². The molecular formula is C10H6F7. The first kappa shape index (κ1) is 13.8. The zero-order valence-electron chi connectivity index (χ0n) is 8.38. The summed E-state index contributed by atoms with van der Waals surface area (Å²) in [6, 6.07) is 4.36. The first-order chi connectivity index (χ1) is 7.52. The van der Waals surface area contributed by atoms with Crippen LogP contribution in [0.4, 0.5) is 30.7 Å². The maximum Gasteiger partial charge on any atom is 0.435 e. The predicted molar refractivity (Wildman–Crippen MR) is 44.9 cm³/mol. The van der Waals surface area contributed by atoms with Crippen LogP contribution in [-0.2, 0) is 5.67 Å². The van der Waals surface area contributed by atoms with Crippen molar-refractivity contribution < 1.29 is 30.7 Å². The molecule has 0 spiro atoms. The number of aryl methyl sites for hydroxylation is 1. The number of halogens is 7. The summed E-state index contributed by atoms with van der Waals surface area (Å²) >= 11 is 0. The Morgan fingerprint density at radius 3 is 1.76 bits per heavy atom. The van der Waals surface area contributed by atoms with Gasteiger partial charge in [0, 0.05) is 5.56 Å². The topological polar surface area (TPSA) is 0 Å². The Morgan fingerprint density at radius 2 is 1.41 bits per heavy atom. The van der Waals surface area contributed by atoms with Crippen LogP contribution in [0.3, 0.4) is 0 Å². The number of hydrogen-bond donors (Lipinski definition) is 0. The molecule has 0 saturated carbocycles. The van der Waals surface area contributed by atoms with E-state index in [1.54, 1.807) is 0 Å². The van der Waals surface area contributed by atoms with Crippen molar-refractivity contribution in [3.63, 3.8) is 0 Å². The molecule has 7 heteroatoms. The smallest absolute Gasteiger partial charge is 0.218 e. The van der Waals surface area contributed by atoms with Crippen LogP contribution in [0.1, 0.15) is 11.1 Å². The molecule has 0 fully saturated rings. The van der Waals surface area contributed by atoms with Gasteiger partial charge in [-0.15, -0.1) is 0 Å². The molecule has 0 saturated heterocycles. The molecule has 0 unspecified atom stereocenters. The number of benzene rings is 1. The third-order valence-electron chi connectivity index (χ3n) is 2.22. The summed E-state index contributed by atoms with van der Waals surface area (Å²) in [5.41, 5.74) is -7.29. The van der Waals surface area contributed by atoms with E-state index >= 15 is 0 Å². The van der Waals surface area contributed by atoms with Crippen LogP contribution in [0.25, 0.3) is 0 Å². The third kappa shape index (κ3) is 2.10. The van der Waals surface area contributed by atoms with E-state index in [0.29, 0.717) is 6.07 Å². The number of alkyl halides is 7. The van der Waals surface area contributed by atoms with Gasteiger partial charge in [0.1, 0.15) is 0 Å². The first-order valence-corrected chi connectivity index (χ1v) is 4.31. The molecule has 0 atom stereocenters. The SMILES string of the molecule is Cc1c[c]ccc1C(F)(C(F)(F)F)C(F)(F)F. The normalized spacial score (nSPS) is 13.9. The van der Waals surface area contributed by atoms with Gasteiger partial charge >= 0.3 is 18.0 Å². The van der Waals surface area contributed by atoms with Crippen molar-refractivity contribution in [2.45, 2.75) is 24.9 Å². The molecular weight excluding hydrogens is 253 g/mol. The molecule has 0 aromatic heterocycles. The lowest BCUT2D eigenvalue weighted by molar-refractivity contribution is -0.348. The molecule has 1 aromatic rings. The van der Waals surface area contributed by atoms with E-state index in [1.807, 2.05) is 0 Å². The highest BCUT2D eigenvalue weighted by Gasteiger charge is 2.73. The quantitative estimate of drug-likeness (QED) is 0.666. The molecule has 95 valence electrons. The summed E-state index contributed by atoms with van der Waals surface area (Å²) in [6.07, 6.45) is -12.1. The van der Waals surface area contributed by atoms with Gasteiger partial charge in [-0.3, -0.25) is 0 Å². The van der Waals surface area contributed by atoms with Gasteiger partial charge in [0.05, 0.1) is 0 Å². The fourth-order valence-corrected chi connectivity index (χ4v) is 1.37. The molecule has 0 heterocycles. The molecule has 0 aliphatic rings. The number of hydrogen-bond acceptors (Lipinski definition) is 0. The Morgan fingerprint density at radius 1 is 0.941 bits per heavy atom. The molecule has 0 amide bonds. The third-order valence-corrected chi connectivity index (χ3v) is 2.22. The second kappa shape index (κ2) is 3.89. The summed E-state index contributed by atoms with van der Waals surface area (Å²) < 4.78 is 87.7. The maximum absolute atomic E-state index is 13.5. The van der Waals surface area contributed by atoms with Gasteiger partial charge < -0.3 is 0 Å². The molecule has 0 nitrogen and oxygen atoms in total. The summed E-state index contributed by atoms with van der Waals surface area (Å²) in [7, 11) is 0. The average molecular weight is 259 g/mol. The van der Waals surface area contributed by atoms with Crippen LogP contribution in [-0.4, -0.2) is 12.4 Å². The maximum atomic E-state index is 13.5. The highest BCUT2D eigenvalue weighted by atomic mass is 19.4. The largest absolute Gasteiger partial charge is 0.435 e. The minimum atomic E-state index is -6.07. The molecule has 0 N–H and O–H groups in total. The predicted octanol–water partition coefficient (Wildman–Crippen LogP) is 4.08. The summed E-state index contributed by atoms with van der Waals surface area (Å²) in [5.74, 6) is 0. The van der Waals surface area contributed by atoms with Gasteiger partial charge in [0.25, 0.3) is 0 Å². The first-order valence-electron chi connectivity index (χ1n) is 4.31. The lowest BCUT2D eigenvalue weighted by Gasteiger charge is -2.31. The highest BCUT2D eigenvalue weighted by Crippen LogP contribution is 2.53. The zero-order chi connectivity index (χ0) is 13.5. The molecule has 0 bridgehead atoms. The van der Waals surface area contributed by atoms with Crippen molar-refractivity contribution >= 4 is 0 Å². The highest BCUT2D eigenvalue weighted by molar-refractivity contribution is 5.33. The molecule has 0 aliphatic heterocycles. The van der Waals surface area contributed by atoms with E-state index < -0.39 is 29.1 Å². The summed E-state index contributed by atoms with van der Waals surface area (Å²) in [6.45, 7) is 0.956. The van der Waals surface area contributed by atoms with E-state index in [9.17, 15) is 30.7 Å². The lowest BCUT2D eigenvalue weighted by atomic mass is 9.90. The Labute approximate surface area is 92.0 Å². The zero-order valence-corrected chi connectivity index (χ0v) is 8.38. The van der Waals surface area contributed by atoms with Gasteiger partial charge in [-0.1, -0.05) is 18.2 Å². The fourth-order valence-electron chi connectivity index (χ4n) is 1.37. The van der Waals surface area contributed by atoms with E-state index in [1.165, 1.54) is 0 Å². The van der Waals surface area contributed by atoms with Crippen molar-refractivity contribution in [1.82, 2.24) is 0 Å². The van der Waals surface area contributed by atoms with E-state index in [-0.39, 0.29) is 0 Å². The monoisotopic (exact) mass is 259 g/mol. The Balaban J connectivity index is 3.53. The summed E-state index contributed by atoms with van der Waals surface area (Å²) in [5, 5.41) is 0. The molecule has 1 rings (SSSR count). The standard InChI is InChI=1S/C10H6F7/c1-6-4-2-3-5-7(6)8(11,9(12,13)14)10(15,16)17/h3-5H,1H3. The molecule has 1 aromatic carbocycles. The van der Waals surface area contributed by atoms with Crippen LogP contribution < -0.4 is 0 Å². The van der Waals surface area contributed by atoms with Crippen molar-refractivity contribution in [1.29, 1.82) is 0 Å². The summed E-state index contributed by atoms with van der Waals surface area (Å²) in [4.78, 5) is 0. The minimum absolute atomic E-state index is 0.427. The van der Waals surface area contributed by atoms with Gasteiger partial charge in [-0.2, -0.15) is 26.3 Å².